The molecule has 1 N–H and O–H groups in total. The highest BCUT2D eigenvalue weighted by Crippen LogP contribution is 2.05. The number of hydrogen-bond acceptors (Lipinski definition) is 6. The van der Waals surface area contributed by atoms with Crippen LogP contribution in [0.3, 0.4) is 0 Å². The molecule has 0 aliphatic rings. The van der Waals surface area contributed by atoms with Gasteiger partial charge in [0.1, 0.15) is 5.82 Å². The van der Waals surface area contributed by atoms with Crippen molar-refractivity contribution in [2.75, 3.05) is 12.4 Å². The van der Waals surface area contributed by atoms with Crippen LogP contribution in [0.25, 0.3) is 0 Å². The van der Waals surface area contributed by atoms with Gasteiger partial charge in [0.25, 0.3) is 0 Å². The Morgan fingerprint density at radius 1 is 1.47 bits per heavy atom. The first-order valence-corrected chi connectivity index (χ1v) is 5.81. The first-order chi connectivity index (χ1) is 9.19. The molecule has 0 saturated carbocycles. The minimum Gasteiger partial charge on any atom is -0.464 e. The highest BCUT2D eigenvalue weighted by Gasteiger charge is 2.08. The monoisotopic (exact) mass is 261 g/mol. The van der Waals surface area contributed by atoms with Crippen molar-refractivity contribution in [3.63, 3.8) is 0 Å². The van der Waals surface area contributed by atoms with Crippen molar-refractivity contribution in [3.05, 3.63) is 36.8 Å². The Balaban J connectivity index is 1.93. The van der Waals surface area contributed by atoms with Crippen LogP contribution >= 0.6 is 0 Å². The van der Waals surface area contributed by atoms with Crippen molar-refractivity contribution in [2.24, 2.45) is 0 Å². The number of aromatic nitrogens is 4. The Hall–Kier alpha value is -2.44. The van der Waals surface area contributed by atoms with Crippen molar-refractivity contribution in [3.8, 4) is 0 Å². The van der Waals surface area contributed by atoms with E-state index < -0.39 is 5.97 Å². The van der Waals surface area contributed by atoms with Crippen LogP contribution in [0.2, 0.25) is 0 Å². The molecule has 2 heterocycles. The zero-order valence-electron chi connectivity index (χ0n) is 10.8. The van der Waals surface area contributed by atoms with E-state index in [9.17, 15) is 4.79 Å². The number of hydrogen-bond donors (Lipinski definition) is 1. The van der Waals surface area contributed by atoms with Crippen LogP contribution in [-0.4, -0.2) is 38.6 Å². The lowest BCUT2D eigenvalue weighted by atomic mass is 10.3. The molecule has 0 radical (unpaired) electrons. The van der Waals surface area contributed by atoms with Crippen LogP contribution in [-0.2, 0) is 11.3 Å². The van der Waals surface area contributed by atoms with E-state index >= 15 is 0 Å². The lowest BCUT2D eigenvalue weighted by Gasteiger charge is -2.14. The summed E-state index contributed by atoms with van der Waals surface area (Å²) in [7, 11) is 1.31. The normalized spacial score (nSPS) is 11.9. The van der Waals surface area contributed by atoms with E-state index in [1.54, 1.807) is 12.5 Å². The van der Waals surface area contributed by atoms with Crippen LogP contribution in [0.4, 0.5) is 5.82 Å². The number of nitrogens with one attached hydrogen (secondary N) is 1. The van der Waals surface area contributed by atoms with E-state index in [1.165, 1.54) is 19.5 Å². The molecular formula is C12H15N5O2. The third kappa shape index (κ3) is 3.51. The van der Waals surface area contributed by atoms with Crippen LogP contribution in [0.15, 0.2) is 31.1 Å². The standard InChI is InChI=1S/C12H15N5O2/c1-9(7-17-4-3-13-8-17)16-11-6-14-10(5-15-11)12(18)19-2/h3-6,8-9H,7H2,1-2H3,(H,15,16). The molecule has 0 amide bonds. The number of carbonyl (C=O) groups is 1. The van der Waals surface area contributed by atoms with Crippen molar-refractivity contribution in [1.82, 2.24) is 19.5 Å². The molecule has 0 saturated heterocycles. The Labute approximate surface area is 110 Å². The Morgan fingerprint density at radius 2 is 2.32 bits per heavy atom. The topological polar surface area (TPSA) is 81.9 Å². The summed E-state index contributed by atoms with van der Waals surface area (Å²) in [4.78, 5) is 23.3. The predicted octanol–water partition coefficient (Wildman–Crippen LogP) is 0.960. The third-order valence-electron chi connectivity index (χ3n) is 2.48. The minimum atomic E-state index is -0.495. The van der Waals surface area contributed by atoms with Gasteiger partial charge in [0.15, 0.2) is 5.69 Å². The van der Waals surface area contributed by atoms with E-state index in [1.807, 2.05) is 17.7 Å². The van der Waals surface area contributed by atoms with Gasteiger partial charge in [0, 0.05) is 25.0 Å². The van der Waals surface area contributed by atoms with Gasteiger partial charge in [0.05, 0.1) is 25.8 Å². The number of carbonyl (C=O) groups excluding carboxylic acids is 1. The highest BCUT2D eigenvalue weighted by atomic mass is 16.5. The molecule has 19 heavy (non-hydrogen) atoms. The Morgan fingerprint density at radius 3 is 2.89 bits per heavy atom. The van der Waals surface area contributed by atoms with E-state index in [0.717, 1.165) is 6.54 Å². The summed E-state index contributed by atoms with van der Waals surface area (Å²) >= 11 is 0. The molecule has 0 bridgehead atoms. The molecule has 2 aromatic rings. The summed E-state index contributed by atoms with van der Waals surface area (Å²) in [5.74, 6) is 0.116. The second kappa shape index (κ2) is 5.94. The molecule has 7 nitrogen and oxygen atoms in total. The van der Waals surface area contributed by atoms with Gasteiger partial charge in [-0.15, -0.1) is 0 Å². The van der Waals surface area contributed by atoms with Gasteiger partial charge in [-0.3, -0.25) is 0 Å². The first kappa shape index (κ1) is 13.0. The van der Waals surface area contributed by atoms with Crippen molar-refractivity contribution in [1.29, 1.82) is 0 Å². The molecule has 2 rings (SSSR count). The second-order valence-corrected chi connectivity index (χ2v) is 4.08. The van der Waals surface area contributed by atoms with Crippen LogP contribution in [0.5, 0.6) is 0 Å². The molecule has 0 aromatic carbocycles. The number of imidazole rings is 1. The molecule has 7 heteroatoms. The highest BCUT2D eigenvalue weighted by molar-refractivity contribution is 5.86. The number of rotatable bonds is 5. The van der Waals surface area contributed by atoms with E-state index in [4.69, 9.17) is 0 Å². The largest absolute Gasteiger partial charge is 0.464 e. The molecule has 1 unspecified atom stereocenters. The van der Waals surface area contributed by atoms with Gasteiger partial charge in [-0.25, -0.2) is 19.7 Å². The second-order valence-electron chi connectivity index (χ2n) is 4.08. The first-order valence-electron chi connectivity index (χ1n) is 5.81. The molecule has 100 valence electrons. The lowest BCUT2D eigenvalue weighted by molar-refractivity contribution is 0.0593. The molecule has 1 atom stereocenters. The average Bonchev–Trinajstić information content (AvgIpc) is 2.91. The summed E-state index contributed by atoms with van der Waals surface area (Å²) in [6.45, 7) is 2.79. The van der Waals surface area contributed by atoms with Gasteiger partial charge >= 0.3 is 5.97 Å². The van der Waals surface area contributed by atoms with Crippen LogP contribution in [0.1, 0.15) is 17.4 Å². The zero-order chi connectivity index (χ0) is 13.7. The zero-order valence-corrected chi connectivity index (χ0v) is 10.8. The summed E-state index contributed by atoms with van der Waals surface area (Å²) in [5.41, 5.74) is 0.190. The van der Waals surface area contributed by atoms with Gasteiger partial charge in [-0.2, -0.15) is 0 Å². The smallest absolute Gasteiger partial charge is 0.358 e. The van der Waals surface area contributed by atoms with E-state index in [0.29, 0.717) is 5.82 Å². The minimum absolute atomic E-state index is 0.160. The fraction of sp³-hybridized carbons (Fsp3) is 0.333. The molecule has 0 fully saturated rings. The molecule has 0 spiro atoms. The molecule has 0 aliphatic carbocycles. The fourth-order valence-corrected chi connectivity index (χ4v) is 1.62. The van der Waals surface area contributed by atoms with Gasteiger partial charge in [-0.1, -0.05) is 0 Å². The third-order valence-corrected chi connectivity index (χ3v) is 2.48. The fourth-order valence-electron chi connectivity index (χ4n) is 1.62. The Bertz CT molecular complexity index is 524. The Kier molecular flexibility index (Phi) is 4.07. The maximum Gasteiger partial charge on any atom is 0.358 e. The number of nitrogens with zero attached hydrogens (tertiary/aromatic N) is 4. The van der Waals surface area contributed by atoms with Crippen LogP contribution in [0, 0.1) is 0 Å². The number of esters is 1. The van der Waals surface area contributed by atoms with Crippen molar-refractivity contribution in [2.45, 2.75) is 19.5 Å². The predicted molar refractivity (Wildman–Crippen MR) is 68.7 cm³/mol. The lowest BCUT2D eigenvalue weighted by Crippen LogP contribution is -2.22. The van der Waals surface area contributed by atoms with E-state index in [2.05, 4.69) is 25.0 Å². The maximum atomic E-state index is 11.2. The number of ether oxygens (including phenoxy) is 1. The quantitative estimate of drug-likeness (QED) is 0.807. The summed E-state index contributed by atoms with van der Waals surface area (Å²) in [6.07, 6.45) is 8.28. The summed E-state index contributed by atoms with van der Waals surface area (Å²) in [5, 5.41) is 3.19. The summed E-state index contributed by atoms with van der Waals surface area (Å²) < 4.78 is 6.52. The van der Waals surface area contributed by atoms with Gasteiger partial charge < -0.3 is 14.6 Å². The maximum absolute atomic E-state index is 11.2. The SMILES string of the molecule is COC(=O)c1cnc(NC(C)Cn2ccnc2)cn1. The van der Waals surface area contributed by atoms with Crippen molar-refractivity contribution < 1.29 is 9.53 Å². The van der Waals surface area contributed by atoms with Gasteiger partial charge in [-0.05, 0) is 6.92 Å². The van der Waals surface area contributed by atoms with Gasteiger partial charge in [0.2, 0.25) is 0 Å². The molecule has 2 aromatic heterocycles. The average molecular weight is 261 g/mol. The number of anilines is 1. The number of methoxy groups -OCH3 is 1. The van der Waals surface area contributed by atoms with E-state index in [-0.39, 0.29) is 11.7 Å². The van der Waals surface area contributed by atoms with Crippen molar-refractivity contribution >= 4 is 11.8 Å². The van der Waals surface area contributed by atoms with Crippen LogP contribution < -0.4 is 5.32 Å². The molecular weight excluding hydrogens is 246 g/mol. The molecule has 0 aliphatic heterocycles. The summed E-state index contributed by atoms with van der Waals surface area (Å²) in [6, 6.07) is 0.160.